The van der Waals surface area contributed by atoms with Crippen molar-refractivity contribution in [1.29, 1.82) is 5.26 Å². The van der Waals surface area contributed by atoms with Gasteiger partial charge < -0.3 is 5.11 Å². The molecule has 2 rings (SSSR count). The van der Waals surface area contributed by atoms with E-state index in [4.69, 9.17) is 5.26 Å². The Labute approximate surface area is 115 Å². The number of fused-ring (bicyclic) bond motifs is 1. The summed E-state index contributed by atoms with van der Waals surface area (Å²) in [6.07, 6.45) is 0. The molecule has 0 saturated carbocycles. The number of aliphatic carboxylic acids is 1. The van der Waals surface area contributed by atoms with Crippen molar-refractivity contribution in [2.75, 3.05) is 0 Å². The number of benzene rings is 2. The molecule has 0 aliphatic heterocycles. The third kappa shape index (κ3) is 2.56. The molecule has 0 aliphatic rings. The predicted molar refractivity (Wildman–Crippen MR) is 76.2 cm³/mol. The Balaban J connectivity index is 2.58. The Kier molecular flexibility index (Phi) is 3.50. The first kappa shape index (κ1) is 13.4. The van der Waals surface area contributed by atoms with Gasteiger partial charge in [-0.3, -0.25) is 4.79 Å². The maximum atomic E-state index is 11.2. The smallest absolute Gasteiger partial charge is 0.319 e. The number of carboxylic acids is 1. The van der Waals surface area contributed by atoms with Crippen LogP contribution in [0.4, 0.5) is 0 Å². The van der Waals surface area contributed by atoms with Gasteiger partial charge in [0.25, 0.3) is 0 Å². The molecule has 3 nitrogen and oxygen atoms in total. The molecule has 0 amide bonds. The zero-order valence-corrected chi connectivity index (χ0v) is 11.5. The molecule has 0 radical (unpaired) electrons. The van der Waals surface area contributed by atoms with E-state index in [1.165, 1.54) is 11.8 Å². The van der Waals surface area contributed by atoms with Crippen LogP contribution in [0.5, 0.6) is 0 Å². The topological polar surface area (TPSA) is 61.1 Å². The van der Waals surface area contributed by atoms with E-state index >= 15 is 0 Å². The predicted octanol–water partition coefficient (Wildman–Crippen LogP) is 3.67. The van der Waals surface area contributed by atoms with Crippen LogP contribution in [0.25, 0.3) is 10.8 Å². The van der Waals surface area contributed by atoms with Gasteiger partial charge >= 0.3 is 5.97 Å². The summed E-state index contributed by atoms with van der Waals surface area (Å²) in [5.41, 5.74) is 0.605. The molecule has 0 bridgehead atoms. The highest BCUT2D eigenvalue weighted by Crippen LogP contribution is 2.37. The number of carbonyl (C=O) groups is 1. The summed E-state index contributed by atoms with van der Waals surface area (Å²) in [5, 5.41) is 20.1. The van der Waals surface area contributed by atoms with Crippen LogP contribution < -0.4 is 0 Å². The van der Waals surface area contributed by atoms with Gasteiger partial charge in [0, 0.05) is 10.3 Å². The fourth-order valence-electron chi connectivity index (χ4n) is 1.78. The van der Waals surface area contributed by atoms with Crippen LogP contribution in [0.15, 0.2) is 41.3 Å². The average molecular weight is 271 g/mol. The number of nitriles is 1. The molecule has 0 aliphatic carbocycles. The van der Waals surface area contributed by atoms with Crippen LogP contribution in [0.1, 0.15) is 19.4 Å². The van der Waals surface area contributed by atoms with Gasteiger partial charge in [-0.25, -0.2) is 0 Å². The molecule has 0 fully saturated rings. The monoisotopic (exact) mass is 271 g/mol. The number of carboxylic acid groups (broad SMARTS) is 1. The highest BCUT2D eigenvalue weighted by molar-refractivity contribution is 8.01. The van der Waals surface area contributed by atoms with Gasteiger partial charge in [0.05, 0.1) is 11.6 Å². The van der Waals surface area contributed by atoms with Crippen molar-refractivity contribution in [1.82, 2.24) is 0 Å². The fraction of sp³-hybridized carbons (Fsp3) is 0.200. The van der Waals surface area contributed by atoms with Crippen molar-refractivity contribution in [3.8, 4) is 6.07 Å². The van der Waals surface area contributed by atoms with Crippen molar-refractivity contribution in [3.63, 3.8) is 0 Å². The summed E-state index contributed by atoms with van der Waals surface area (Å²) in [5.74, 6) is -0.856. The summed E-state index contributed by atoms with van der Waals surface area (Å²) < 4.78 is -0.906. The van der Waals surface area contributed by atoms with Gasteiger partial charge in [-0.05, 0) is 31.4 Å². The normalized spacial score (nSPS) is 11.2. The van der Waals surface area contributed by atoms with Crippen molar-refractivity contribution in [3.05, 3.63) is 42.0 Å². The van der Waals surface area contributed by atoms with Crippen LogP contribution in [0.2, 0.25) is 0 Å². The van der Waals surface area contributed by atoms with Gasteiger partial charge in [0.15, 0.2) is 0 Å². The lowest BCUT2D eigenvalue weighted by molar-refractivity contribution is -0.138. The Hall–Kier alpha value is -1.99. The Morgan fingerprint density at radius 2 is 1.84 bits per heavy atom. The fourth-order valence-corrected chi connectivity index (χ4v) is 2.84. The minimum absolute atomic E-state index is 0.605. The van der Waals surface area contributed by atoms with E-state index in [0.29, 0.717) is 5.56 Å². The lowest BCUT2D eigenvalue weighted by atomic mass is 10.1. The standard InChI is InChI=1S/C15H13NO2S/c1-15(2,14(17)18)19-13-8-7-10(9-16)11-5-3-4-6-12(11)13/h3-8H,1-2H3,(H,17,18). The molecule has 96 valence electrons. The third-order valence-electron chi connectivity index (χ3n) is 2.88. The van der Waals surface area contributed by atoms with Crippen molar-refractivity contribution < 1.29 is 9.90 Å². The van der Waals surface area contributed by atoms with E-state index in [1.807, 2.05) is 30.3 Å². The largest absolute Gasteiger partial charge is 0.480 e. The highest BCUT2D eigenvalue weighted by Gasteiger charge is 2.29. The van der Waals surface area contributed by atoms with Gasteiger partial charge in [0.1, 0.15) is 4.75 Å². The van der Waals surface area contributed by atoms with E-state index in [1.54, 1.807) is 19.9 Å². The molecule has 4 heteroatoms. The number of hydrogen-bond donors (Lipinski definition) is 1. The number of thioether (sulfide) groups is 1. The van der Waals surface area contributed by atoms with Crippen LogP contribution in [-0.4, -0.2) is 15.8 Å². The molecule has 0 heterocycles. The second kappa shape index (κ2) is 4.94. The van der Waals surface area contributed by atoms with Crippen molar-refractivity contribution >= 4 is 28.5 Å². The third-order valence-corrected chi connectivity index (χ3v) is 4.15. The van der Waals surface area contributed by atoms with Crippen LogP contribution in [-0.2, 0) is 4.79 Å². The summed E-state index contributed by atoms with van der Waals surface area (Å²) >= 11 is 1.29. The van der Waals surface area contributed by atoms with Gasteiger partial charge in [-0.2, -0.15) is 5.26 Å². The highest BCUT2D eigenvalue weighted by atomic mass is 32.2. The van der Waals surface area contributed by atoms with Crippen molar-refractivity contribution in [2.24, 2.45) is 0 Å². The molecule has 2 aromatic carbocycles. The maximum absolute atomic E-state index is 11.2. The van der Waals surface area contributed by atoms with E-state index in [9.17, 15) is 9.90 Å². The molecule has 1 N–H and O–H groups in total. The van der Waals surface area contributed by atoms with E-state index in [-0.39, 0.29) is 0 Å². The second-order valence-electron chi connectivity index (χ2n) is 4.69. The number of rotatable bonds is 3. The van der Waals surface area contributed by atoms with Crippen LogP contribution >= 0.6 is 11.8 Å². The van der Waals surface area contributed by atoms with E-state index < -0.39 is 10.7 Å². The van der Waals surface area contributed by atoms with Crippen LogP contribution in [0.3, 0.4) is 0 Å². The van der Waals surface area contributed by atoms with Crippen molar-refractivity contribution in [2.45, 2.75) is 23.5 Å². The quantitative estimate of drug-likeness (QED) is 0.865. The molecule has 0 spiro atoms. The van der Waals surface area contributed by atoms with Crippen LogP contribution in [0, 0.1) is 11.3 Å². The molecular weight excluding hydrogens is 258 g/mol. The zero-order chi connectivity index (χ0) is 14.0. The Morgan fingerprint density at radius 3 is 2.42 bits per heavy atom. The maximum Gasteiger partial charge on any atom is 0.319 e. The van der Waals surface area contributed by atoms with Gasteiger partial charge in [-0.1, -0.05) is 24.3 Å². The van der Waals surface area contributed by atoms with E-state index in [0.717, 1.165) is 15.7 Å². The number of nitrogens with zero attached hydrogens (tertiary/aromatic N) is 1. The zero-order valence-electron chi connectivity index (χ0n) is 10.7. The number of hydrogen-bond acceptors (Lipinski definition) is 3. The summed E-state index contributed by atoms with van der Waals surface area (Å²) in [4.78, 5) is 12.1. The van der Waals surface area contributed by atoms with Gasteiger partial charge in [-0.15, -0.1) is 11.8 Å². The first-order valence-electron chi connectivity index (χ1n) is 5.80. The first-order chi connectivity index (χ1) is 8.95. The molecule has 2 aromatic rings. The van der Waals surface area contributed by atoms with Gasteiger partial charge in [0.2, 0.25) is 0 Å². The Bertz CT molecular complexity index is 686. The summed E-state index contributed by atoms with van der Waals surface area (Å²) in [6.45, 7) is 3.35. The first-order valence-corrected chi connectivity index (χ1v) is 6.61. The lowest BCUT2D eigenvalue weighted by Gasteiger charge is -2.19. The SMILES string of the molecule is CC(C)(Sc1ccc(C#N)c2ccccc12)C(=O)O. The minimum atomic E-state index is -0.906. The molecule has 0 unspecified atom stereocenters. The second-order valence-corrected chi connectivity index (χ2v) is 6.35. The molecule has 0 saturated heterocycles. The summed E-state index contributed by atoms with van der Waals surface area (Å²) in [6, 6.07) is 13.3. The minimum Gasteiger partial charge on any atom is -0.480 e. The summed E-state index contributed by atoms with van der Waals surface area (Å²) in [7, 11) is 0. The average Bonchev–Trinajstić information content (AvgIpc) is 2.38. The molecular formula is C15H13NO2S. The Morgan fingerprint density at radius 1 is 1.21 bits per heavy atom. The lowest BCUT2D eigenvalue weighted by Crippen LogP contribution is -2.26. The molecule has 0 aromatic heterocycles. The van der Waals surface area contributed by atoms with E-state index in [2.05, 4.69) is 6.07 Å². The molecule has 0 atom stereocenters. The molecule has 19 heavy (non-hydrogen) atoms.